The Morgan fingerprint density at radius 3 is 2.71 bits per heavy atom. The van der Waals surface area contributed by atoms with Crippen molar-refractivity contribution in [2.75, 3.05) is 5.32 Å². The number of nitrogens with zero attached hydrogens (tertiary/aromatic N) is 1. The lowest BCUT2D eigenvalue weighted by Crippen LogP contribution is -2.16. The van der Waals surface area contributed by atoms with Gasteiger partial charge in [-0.2, -0.15) is 0 Å². The lowest BCUT2D eigenvalue weighted by molar-refractivity contribution is -0.115. The highest BCUT2D eigenvalue weighted by molar-refractivity contribution is 9.10. The van der Waals surface area contributed by atoms with Gasteiger partial charge in [-0.15, -0.1) is 0 Å². The van der Waals surface area contributed by atoms with Crippen LogP contribution < -0.4 is 5.32 Å². The molecular weight excluding hydrogens is 332 g/mol. The van der Waals surface area contributed by atoms with Crippen LogP contribution in [-0.2, 0) is 11.2 Å². The van der Waals surface area contributed by atoms with Crippen LogP contribution >= 0.6 is 15.9 Å². The maximum atomic E-state index is 12.1. The van der Waals surface area contributed by atoms with Gasteiger partial charge in [-0.3, -0.25) is 4.79 Å². The molecule has 0 radical (unpaired) electrons. The predicted molar refractivity (Wildman–Crippen MR) is 86.9 cm³/mol. The average Bonchev–Trinajstić information content (AvgIpc) is 2.47. The molecule has 1 amide bonds. The summed E-state index contributed by atoms with van der Waals surface area (Å²) in [6.45, 7) is 1.68. The van der Waals surface area contributed by atoms with Crippen LogP contribution in [0.2, 0.25) is 0 Å². The lowest BCUT2D eigenvalue weighted by Gasteiger charge is -2.10. The Bertz CT molecular complexity index is 683. The minimum atomic E-state index is -0.119. The molecule has 0 unspecified atom stereocenters. The van der Waals surface area contributed by atoms with Gasteiger partial charge in [-0.1, -0.05) is 51.4 Å². The van der Waals surface area contributed by atoms with Crippen molar-refractivity contribution in [1.82, 2.24) is 0 Å². The number of hydrogen-bond donors (Lipinski definition) is 2. The summed E-state index contributed by atoms with van der Waals surface area (Å²) in [5.74, 6) is -0.119. The second-order valence-corrected chi connectivity index (χ2v) is 5.50. The number of rotatable bonds is 4. The van der Waals surface area contributed by atoms with Gasteiger partial charge in [-0.05, 0) is 30.7 Å². The van der Waals surface area contributed by atoms with Gasteiger partial charge in [0.15, 0.2) is 0 Å². The Hall–Kier alpha value is -2.14. The maximum absolute atomic E-state index is 12.1. The molecule has 0 atom stereocenters. The molecule has 0 spiro atoms. The van der Waals surface area contributed by atoms with E-state index in [1.165, 1.54) is 0 Å². The van der Waals surface area contributed by atoms with Crippen molar-refractivity contribution in [2.45, 2.75) is 13.3 Å². The first-order valence-corrected chi connectivity index (χ1v) is 7.22. The van der Waals surface area contributed by atoms with Gasteiger partial charge in [0.2, 0.25) is 5.91 Å². The summed E-state index contributed by atoms with van der Waals surface area (Å²) in [5, 5.41) is 14.9. The molecule has 4 nitrogen and oxygen atoms in total. The number of amides is 1. The number of halogens is 1. The number of carbonyl (C=O) groups is 1. The minimum absolute atomic E-state index is 0.119. The Morgan fingerprint density at radius 2 is 2.00 bits per heavy atom. The van der Waals surface area contributed by atoms with E-state index in [2.05, 4.69) is 26.4 Å². The van der Waals surface area contributed by atoms with Gasteiger partial charge in [0.25, 0.3) is 0 Å². The number of benzene rings is 2. The van der Waals surface area contributed by atoms with E-state index in [0.717, 1.165) is 10.0 Å². The van der Waals surface area contributed by atoms with E-state index in [-0.39, 0.29) is 12.3 Å². The summed E-state index contributed by atoms with van der Waals surface area (Å²) in [4.78, 5) is 12.1. The van der Waals surface area contributed by atoms with E-state index < -0.39 is 0 Å². The van der Waals surface area contributed by atoms with Crippen LogP contribution in [0.15, 0.2) is 58.2 Å². The molecule has 0 aromatic heterocycles. The molecule has 21 heavy (non-hydrogen) atoms. The van der Waals surface area contributed by atoms with Crippen LogP contribution in [0.5, 0.6) is 0 Å². The molecular formula is C16H15BrN2O2. The molecule has 2 aromatic rings. The van der Waals surface area contributed by atoms with E-state index in [1.807, 2.05) is 36.4 Å². The zero-order valence-electron chi connectivity index (χ0n) is 11.5. The molecule has 0 aliphatic carbocycles. The van der Waals surface area contributed by atoms with Crippen LogP contribution in [0.1, 0.15) is 18.1 Å². The van der Waals surface area contributed by atoms with Crippen molar-refractivity contribution in [2.24, 2.45) is 5.16 Å². The van der Waals surface area contributed by atoms with Crippen molar-refractivity contribution >= 4 is 33.2 Å². The largest absolute Gasteiger partial charge is 0.411 e. The normalized spacial score (nSPS) is 11.2. The molecule has 0 fully saturated rings. The highest BCUT2D eigenvalue weighted by atomic mass is 79.9. The number of oxime groups is 1. The van der Waals surface area contributed by atoms with Crippen LogP contribution in [0.4, 0.5) is 5.69 Å². The fourth-order valence-electron chi connectivity index (χ4n) is 1.99. The van der Waals surface area contributed by atoms with Gasteiger partial charge in [0.05, 0.1) is 12.1 Å². The summed E-state index contributed by atoms with van der Waals surface area (Å²) < 4.78 is 0.941. The quantitative estimate of drug-likeness (QED) is 0.502. The molecule has 0 saturated heterocycles. The minimum Gasteiger partial charge on any atom is -0.411 e. The molecule has 2 rings (SSSR count). The molecule has 0 bridgehead atoms. The van der Waals surface area contributed by atoms with Crippen LogP contribution in [0.25, 0.3) is 0 Å². The SMILES string of the molecule is CC(=NO)c1ccccc1NC(=O)Cc1cccc(Br)c1. The number of carbonyl (C=O) groups excluding carboxylic acids is 1. The monoisotopic (exact) mass is 346 g/mol. The zero-order valence-corrected chi connectivity index (χ0v) is 13.1. The third-order valence-electron chi connectivity index (χ3n) is 2.99. The van der Waals surface area contributed by atoms with Gasteiger partial charge >= 0.3 is 0 Å². The van der Waals surface area contributed by atoms with E-state index in [4.69, 9.17) is 5.21 Å². The third-order valence-corrected chi connectivity index (χ3v) is 3.49. The Balaban J connectivity index is 2.13. The fourth-order valence-corrected chi connectivity index (χ4v) is 2.43. The Labute approximate surface area is 131 Å². The number of hydrogen-bond acceptors (Lipinski definition) is 3. The third kappa shape index (κ3) is 4.16. The topological polar surface area (TPSA) is 61.7 Å². The van der Waals surface area contributed by atoms with Crippen LogP contribution in [0, 0.1) is 0 Å². The number of nitrogens with one attached hydrogen (secondary N) is 1. The fraction of sp³-hybridized carbons (Fsp3) is 0.125. The molecule has 2 N–H and O–H groups in total. The van der Waals surface area contributed by atoms with E-state index in [0.29, 0.717) is 17.0 Å². The smallest absolute Gasteiger partial charge is 0.228 e. The molecule has 0 aliphatic heterocycles. The van der Waals surface area contributed by atoms with Gasteiger partial charge < -0.3 is 10.5 Å². The van der Waals surface area contributed by atoms with Crippen molar-refractivity contribution in [3.05, 3.63) is 64.1 Å². The maximum Gasteiger partial charge on any atom is 0.228 e. The molecule has 0 saturated carbocycles. The summed E-state index contributed by atoms with van der Waals surface area (Å²) in [6, 6.07) is 14.8. The average molecular weight is 347 g/mol. The zero-order chi connectivity index (χ0) is 15.2. The van der Waals surface area contributed by atoms with E-state index in [9.17, 15) is 4.79 Å². The number of para-hydroxylation sites is 1. The predicted octanol–water partition coefficient (Wildman–Crippen LogP) is 3.83. The van der Waals surface area contributed by atoms with Crippen molar-refractivity contribution in [3.63, 3.8) is 0 Å². The van der Waals surface area contributed by atoms with E-state index >= 15 is 0 Å². The van der Waals surface area contributed by atoms with Crippen molar-refractivity contribution < 1.29 is 10.0 Å². The van der Waals surface area contributed by atoms with Gasteiger partial charge in [0.1, 0.15) is 0 Å². The highest BCUT2D eigenvalue weighted by Gasteiger charge is 2.09. The van der Waals surface area contributed by atoms with Gasteiger partial charge in [0, 0.05) is 15.7 Å². The first kappa shape index (κ1) is 15.3. The van der Waals surface area contributed by atoms with Crippen LogP contribution in [0.3, 0.4) is 0 Å². The lowest BCUT2D eigenvalue weighted by atomic mass is 10.1. The van der Waals surface area contributed by atoms with Gasteiger partial charge in [-0.25, -0.2) is 0 Å². The molecule has 5 heteroatoms. The second-order valence-electron chi connectivity index (χ2n) is 4.59. The first-order valence-electron chi connectivity index (χ1n) is 6.42. The molecule has 0 aliphatic rings. The van der Waals surface area contributed by atoms with E-state index in [1.54, 1.807) is 19.1 Å². The number of anilines is 1. The standard InChI is InChI=1S/C16H15BrN2O2/c1-11(19-21)14-7-2-3-8-15(14)18-16(20)10-12-5-4-6-13(17)9-12/h2-9,21H,10H2,1H3,(H,18,20). The highest BCUT2D eigenvalue weighted by Crippen LogP contribution is 2.17. The molecule has 2 aromatic carbocycles. The summed E-state index contributed by atoms with van der Waals surface area (Å²) in [6.07, 6.45) is 0.281. The Morgan fingerprint density at radius 1 is 1.24 bits per heavy atom. The van der Waals surface area contributed by atoms with Crippen molar-refractivity contribution in [3.8, 4) is 0 Å². The Kier molecular flexibility index (Phi) is 5.11. The second kappa shape index (κ2) is 7.04. The molecule has 108 valence electrons. The summed E-state index contributed by atoms with van der Waals surface area (Å²) in [5.41, 5.74) is 2.70. The summed E-state index contributed by atoms with van der Waals surface area (Å²) >= 11 is 3.38. The van der Waals surface area contributed by atoms with Crippen molar-refractivity contribution in [1.29, 1.82) is 0 Å². The molecule has 0 heterocycles. The van der Waals surface area contributed by atoms with Crippen LogP contribution in [-0.4, -0.2) is 16.8 Å². The first-order chi connectivity index (χ1) is 10.1. The summed E-state index contributed by atoms with van der Waals surface area (Å²) in [7, 11) is 0.